The van der Waals surface area contributed by atoms with E-state index in [4.69, 9.17) is 9.52 Å². The first-order valence-corrected chi connectivity index (χ1v) is 5.94. The summed E-state index contributed by atoms with van der Waals surface area (Å²) in [7, 11) is 0. The lowest BCUT2D eigenvalue weighted by molar-refractivity contribution is -0.384. The summed E-state index contributed by atoms with van der Waals surface area (Å²) in [6.45, 7) is 0. The number of non-ortho nitro benzene ring substituents is 1. The summed E-state index contributed by atoms with van der Waals surface area (Å²) in [5.74, 6) is -0.984. The van der Waals surface area contributed by atoms with E-state index in [0.29, 0.717) is 16.7 Å². The molecule has 0 fully saturated rings. The molecule has 3 aromatic rings. The third-order valence-corrected chi connectivity index (χ3v) is 2.97. The van der Waals surface area contributed by atoms with Gasteiger partial charge >= 0.3 is 5.97 Å². The van der Waals surface area contributed by atoms with E-state index in [2.05, 4.69) is 4.98 Å². The standard InChI is InChI=1S/C14H8N2O5/c17-14(18)10-4-2-1-3-9(10)13-15-11-7-8(16(19)20)5-6-12(11)21-13/h1-7H,(H,17,18). The molecule has 1 heterocycles. The predicted molar refractivity (Wildman–Crippen MR) is 73.1 cm³/mol. The van der Waals surface area contributed by atoms with Gasteiger partial charge in [-0.15, -0.1) is 0 Å². The summed E-state index contributed by atoms with van der Waals surface area (Å²) in [5.41, 5.74) is 0.937. The first-order chi connectivity index (χ1) is 10.1. The van der Waals surface area contributed by atoms with Crippen molar-refractivity contribution in [3.63, 3.8) is 0 Å². The van der Waals surface area contributed by atoms with E-state index < -0.39 is 10.9 Å². The minimum Gasteiger partial charge on any atom is -0.478 e. The number of carbonyl (C=O) groups is 1. The van der Waals surface area contributed by atoms with Crippen molar-refractivity contribution < 1.29 is 19.2 Å². The van der Waals surface area contributed by atoms with Gasteiger partial charge in [-0.1, -0.05) is 12.1 Å². The Morgan fingerprint density at radius 2 is 2.00 bits per heavy atom. The number of aromatic carboxylic acids is 1. The van der Waals surface area contributed by atoms with Crippen LogP contribution < -0.4 is 0 Å². The van der Waals surface area contributed by atoms with Crippen LogP contribution >= 0.6 is 0 Å². The number of nitro benzene ring substituents is 1. The Balaban J connectivity index is 2.18. The number of oxazole rings is 1. The molecule has 7 nitrogen and oxygen atoms in total. The van der Waals surface area contributed by atoms with Gasteiger partial charge in [-0.2, -0.15) is 0 Å². The van der Waals surface area contributed by atoms with Crippen LogP contribution in [0.4, 0.5) is 5.69 Å². The number of carboxylic acids is 1. The Hall–Kier alpha value is -3.22. The van der Waals surface area contributed by atoms with Crippen LogP contribution in [0.2, 0.25) is 0 Å². The maximum Gasteiger partial charge on any atom is 0.336 e. The molecule has 0 aliphatic rings. The Morgan fingerprint density at radius 3 is 2.71 bits per heavy atom. The molecule has 0 spiro atoms. The van der Waals surface area contributed by atoms with Gasteiger partial charge in [0.05, 0.1) is 16.1 Å². The van der Waals surface area contributed by atoms with Crippen LogP contribution in [0.15, 0.2) is 46.9 Å². The highest BCUT2D eigenvalue weighted by molar-refractivity contribution is 5.95. The Kier molecular flexibility index (Phi) is 2.87. The minimum absolute atomic E-state index is 0.0542. The molecule has 0 bridgehead atoms. The minimum atomic E-state index is -1.10. The van der Waals surface area contributed by atoms with Gasteiger partial charge in [-0.05, 0) is 18.2 Å². The Bertz CT molecular complexity index is 869. The van der Waals surface area contributed by atoms with E-state index in [1.165, 1.54) is 24.3 Å². The lowest BCUT2D eigenvalue weighted by Crippen LogP contribution is -1.98. The fourth-order valence-corrected chi connectivity index (χ4v) is 2.00. The molecule has 0 aliphatic carbocycles. The molecule has 2 aromatic carbocycles. The molecule has 1 aromatic heterocycles. The maximum atomic E-state index is 11.2. The van der Waals surface area contributed by atoms with Gasteiger partial charge in [0.1, 0.15) is 5.52 Å². The lowest BCUT2D eigenvalue weighted by Gasteiger charge is -2.00. The average Bonchev–Trinajstić information content (AvgIpc) is 2.89. The van der Waals surface area contributed by atoms with Crippen molar-refractivity contribution in [2.75, 3.05) is 0 Å². The lowest BCUT2D eigenvalue weighted by atomic mass is 10.1. The highest BCUT2D eigenvalue weighted by Gasteiger charge is 2.17. The van der Waals surface area contributed by atoms with E-state index in [-0.39, 0.29) is 17.1 Å². The van der Waals surface area contributed by atoms with Crippen LogP contribution in [0.5, 0.6) is 0 Å². The van der Waals surface area contributed by atoms with Gasteiger partial charge in [0.2, 0.25) is 5.89 Å². The molecule has 104 valence electrons. The number of rotatable bonds is 3. The molecule has 0 aliphatic heterocycles. The summed E-state index contributed by atoms with van der Waals surface area (Å²) in [5, 5.41) is 19.9. The zero-order chi connectivity index (χ0) is 15.0. The van der Waals surface area contributed by atoms with Crippen molar-refractivity contribution in [3.05, 3.63) is 58.1 Å². The van der Waals surface area contributed by atoms with Crippen molar-refractivity contribution in [2.24, 2.45) is 0 Å². The molecular formula is C14H8N2O5. The second-order valence-electron chi connectivity index (χ2n) is 4.28. The van der Waals surface area contributed by atoms with Crippen molar-refractivity contribution in [1.29, 1.82) is 0 Å². The largest absolute Gasteiger partial charge is 0.478 e. The molecule has 0 atom stereocenters. The third-order valence-electron chi connectivity index (χ3n) is 2.97. The Morgan fingerprint density at radius 1 is 1.24 bits per heavy atom. The van der Waals surface area contributed by atoms with Crippen molar-refractivity contribution in [1.82, 2.24) is 4.98 Å². The SMILES string of the molecule is O=C(O)c1ccccc1-c1nc2cc([N+](=O)[O-])ccc2o1. The Labute approximate surface area is 117 Å². The van der Waals surface area contributed by atoms with Crippen molar-refractivity contribution >= 4 is 22.8 Å². The van der Waals surface area contributed by atoms with Crippen LogP contribution in [-0.2, 0) is 0 Å². The molecule has 0 amide bonds. The van der Waals surface area contributed by atoms with Gasteiger partial charge in [0.25, 0.3) is 5.69 Å². The zero-order valence-electron chi connectivity index (χ0n) is 10.5. The maximum absolute atomic E-state index is 11.2. The number of nitrogens with zero attached hydrogens (tertiary/aromatic N) is 2. The smallest absolute Gasteiger partial charge is 0.336 e. The highest BCUT2D eigenvalue weighted by Crippen LogP contribution is 2.28. The van der Waals surface area contributed by atoms with Gasteiger partial charge < -0.3 is 9.52 Å². The third kappa shape index (κ3) is 2.20. The molecular weight excluding hydrogens is 276 g/mol. The summed E-state index contributed by atoms with van der Waals surface area (Å²) in [4.78, 5) is 25.5. The normalized spacial score (nSPS) is 10.7. The second-order valence-corrected chi connectivity index (χ2v) is 4.28. The molecule has 0 saturated heterocycles. The summed E-state index contributed by atoms with van der Waals surface area (Å²) in [6, 6.07) is 10.3. The van der Waals surface area contributed by atoms with Crippen LogP contribution in [-0.4, -0.2) is 21.0 Å². The predicted octanol–water partition coefficient (Wildman–Crippen LogP) is 3.10. The number of aromatic nitrogens is 1. The number of hydrogen-bond donors (Lipinski definition) is 1. The van der Waals surface area contributed by atoms with Gasteiger partial charge in [-0.3, -0.25) is 10.1 Å². The zero-order valence-corrected chi connectivity index (χ0v) is 10.5. The van der Waals surface area contributed by atoms with Gasteiger partial charge in [-0.25, -0.2) is 9.78 Å². The number of carboxylic acid groups (broad SMARTS) is 1. The van der Waals surface area contributed by atoms with Crippen LogP contribution in [0, 0.1) is 10.1 Å². The first kappa shape index (κ1) is 12.8. The van der Waals surface area contributed by atoms with Crippen molar-refractivity contribution in [3.8, 4) is 11.5 Å². The molecule has 1 N–H and O–H groups in total. The fraction of sp³-hybridized carbons (Fsp3) is 0. The molecule has 0 radical (unpaired) electrons. The van der Waals surface area contributed by atoms with Crippen LogP contribution in [0.25, 0.3) is 22.6 Å². The summed E-state index contributed by atoms with van der Waals surface area (Å²) >= 11 is 0. The molecule has 21 heavy (non-hydrogen) atoms. The molecule has 3 rings (SSSR count). The summed E-state index contributed by atoms with van der Waals surface area (Å²) < 4.78 is 5.48. The van der Waals surface area contributed by atoms with E-state index in [9.17, 15) is 14.9 Å². The number of fused-ring (bicyclic) bond motifs is 1. The number of benzene rings is 2. The van der Waals surface area contributed by atoms with Gasteiger partial charge in [0, 0.05) is 12.1 Å². The number of hydrogen-bond acceptors (Lipinski definition) is 5. The van der Waals surface area contributed by atoms with Gasteiger partial charge in [0.15, 0.2) is 5.58 Å². The molecule has 0 saturated carbocycles. The second kappa shape index (κ2) is 4.71. The quantitative estimate of drug-likeness (QED) is 0.585. The number of nitro groups is 1. The molecule has 0 unspecified atom stereocenters. The fourth-order valence-electron chi connectivity index (χ4n) is 2.00. The first-order valence-electron chi connectivity index (χ1n) is 5.94. The topological polar surface area (TPSA) is 106 Å². The van der Waals surface area contributed by atoms with Crippen molar-refractivity contribution in [2.45, 2.75) is 0 Å². The van der Waals surface area contributed by atoms with E-state index in [1.807, 2.05) is 0 Å². The van der Waals surface area contributed by atoms with Crippen LogP contribution in [0.3, 0.4) is 0 Å². The van der Waals surface area contributed by atoms with E-state index >= 15 is 0 Å². The van der Waals surface area contributed by atoms with E-state index in [0.717, 1.165) is 0 Å². The summed E-state index contributed by atoms with van der Waals surface area (Å²) in [6.07, 6.45) is 0. The average molecular weight is 284 g/mol. The monoisotopic (exact) mass is 284 g/mol. The molecule has 7 heteroatoms. The highest BCUT2D eigenvalue weighted by atomic mass is 16.6. The van der Waals surface area contributed by atoms with E-state index in [1.54, 1.807) is 18.2 Å². The van der Waals surface area contributed by atoms with Crippen LogP contribution in [0.1, 0.15) is 10.4 Å².